The minimum atomic E-state index is -2.01. The Labute approximate surface area is 143 Å². The van der Waals surface area contributed by atoms with Crippen LogP contribution in [0.1, 0.15) is 29.5 Å². The molecule has 6 heteroatoms. The molecule has 0 aliphatic heterocycles. The fourth-order valence-corrected chi connectivity index (χ4v) is 3.64. The predicted octanol–water partition coefficient (Wildman–Crippen LogP) is 2.53. The SMILES string of the molecule is O=C(O)CC(CC(=O)O)(C(=O)O)c1cccc2c1Cc1ccccc1-2. The standard InChI is InChI=1S/C19H16O6/c20-16(21)9-19(18(24)25,10-17(22)23)15-7-3-6-13-12-5-2-1-4-11(12)8-14(13)15/h1-7H,8-10H2,(H,20,21)(H,22,23)(H,24,25). The molecule has 0 heterocycles. The topological polar surface area (TPSA) is 112 Å². The van der Waals surface area contributed by atoms with E-state index in [1.165, 1.54) is 6.07 Å². The van der Waals surface area contributed by atoms with Crippen molar-refractivity contribution in [3.63, 3.8) is 0 Å². The van der Waals surface area contributed by atoms with E-state index in [-0.39, 0.29) is 5.56 Å². The summed E-state index contributed by atoms with van der Waals surface area (Å²) < 4.78 is 0. The van der Waals surface area contributed by atoms with Gasteiger partial charge in [-0.15, -0.1) is 0 Å². The van der Waals surface area contributed by atoms with Crippen molar-refractivity contribution < 1.29 is 29.7 Å². The van der Waals surface area contributed by atoms with E-state index in [9.17, 15) is 29.7 Å². The summed E-state index contributed by atoms with van der Waals surface area (Å²) in [4.78, 5) is 34.7. The highest BCUT2D eigenvalue weighted by Gasteiger charge is 2.46. The average molecular weight is 340 g/mol. The Morgan fingerprint density at radius 2 is 1.44 bits per heavy atom. The number of aliphatic carboxylic acids is 3. The zero-order valence-corrected chi connectivity index (χ0v) is 13.2. The molecule has 3 rings (SSSR count). The molecule has 0 atom stereocenters. The number of carbonyl (C=O) groups is 3. The molecule has 0 saturated heterocycles. The second-order valence-corrected chi connectivity index (χ2v) is 6.19. The first-order valence-corrected chi connectivity index (χ1v) is 7.73. The summed E-state index contributed by atoms with van der Waals surface area (Å²) in [7, 11) is 0. The first-order valence-electron chi connectivity index (χ1n) is 7.73. The summed E-state index contributed by atoms with van der Waals surface area (Å²) in [6.07, 6.45) is -1.13. The van der Waals surface area contributed by atoms with Crippen LogP contribution in [0.3, 0.4) is 0 Å². The van der Waals surface area contributed by atoms with Crippen LogP contribution in [0.2, 0.25) is 0 Å². The van der Waals surface area contributed by atoms with Gasteiger partial charge in [-0.2, -0.15) is 0 Å². The molecule has 0 radical (unpaired) electrons. The molecule has 1 aliphatic rings. The van der Waals surface area contributed by atoms with Gasteiger partial charge < -0.3 is 15.3 Å². The third kappa shape index (κ3) is 2.76. The molecular weight excluding hydrogens is 324 g/mol. The van der Waals surface area contributed by atoms with Gasteiger partial charge in [-0.25, -0.2) is 0 Å². The van der Waals surface area contributed by atoms with Crippen LogP contribution in [0.4, 0.5) is 0 Å². The van der Waals surface area contributed by atoms with E-state index in [1.807, 2.05) is 30.3 Å². The Kier molecular flexibility index (Phi) is 4.04. The van der Waals surface area contributed by atoms with Crippen LogP contribution >= 0.6 is 0 Å². The van der Waals surface area contributed by atoms with Crippen LogP contribution < -0.4 is 0 Å². The number of fused-ring (bicyclic) bond motifs is 3. The van der Waals surface area contributed by atoms with Gasteiger partial charge in [0.1, 0.15) is 5.41 Å². The van der Waals surface area contributed by atoms with E-state index in [0.29, 0.717) is 12.0 Å². The summed E-state index contributed by atoms with van der Waals surface area (Å²) in [5.74, 6) is -4.14. The van der Waals surface area contributed by atoms with Gasteiger partial charge in [0.15, 0.2) is 0 Å². The van der Waals surface area contributed by atoms with Crippen molar-refractivity contribution in [3.8, 4) is 11.1 Å². The third-order valence-electron chi connectivity index (χ3n) is 4.68. The second kappa shape index (κ2) is 6.05. The van der Waals surface area contributed by atoms with Gasteiger partial charge in [0.25, 0.3) is 0 Å². The quantitative estimate of drug-likeness (QED) is 0.636. The fraction of sp³-hybridized carbons (Fsp3) is 0.211. The van der Waals surface area contributed by atoms with Gasteiger partial charge in [-0.05, 0) is 34.2 Å². The molecule has 6 nitrogen and oxygen atoms in total. The van der Waals surface area contributed by atoms with Crippen molar-refractivity contribution >= 4 is 17.9 Å². The molecule has 128 valence electrons. The number of carboxylic acids is 3. The minimum absolute atomic E-state index is 0.263. The van der Waals surface area contributed by atoms with E-state index in [0.717, 1.165) is 16.7 Å². The number of carboxylic acid groups (broad SMARTS) is 3. The van der Waals surface area contributed by atoms with Crippen LogP contribution in [-0.2, 0) is 26.2 Å². The smallest absolute Gasteiger partial charge is 0.315 e. The van der Waals surface area contributed by atoms with E-state index in [4.69, 9.17) is 0 Å². The second-order valence-electron chi connectivity index (χ2n) is 6.19. The number of rotatable bonds is 6. The summed E-state index contributed by atoms with van der Waals surface area (Å²) >= 11 is 0. The van der Waals surface area contributed by atoms with E-state index < -0.39 is 36.2 Å². The highest BCUT2D eigenvalue weighted by molar-refractivity contribution is 5.93. The molecule has 0 saturated carbocycles. The normalized spacial score (nSPS) is 12.3. The lowest BCUT2D eigenvalue weighted by atomic mass is 9.72. The van der Waals surface area contributed by atoms with Crippen molar-refractivity contribution in [2.24, 2.45) is 0 Å². The number of benzene rings is 2. The molecule has 0 unspecified atom stereocenters. The third-order valence-corrected chi connectivity index (χ3v) is 4.68. The van der Waals surface area contributed by atoms with Gasteiger partial charge in [0, 0.05) is 0 Å². The van der Waals surface area contributed by atoms with Crippen LogP contribution in [-0.4, -0.2) is 33.2 Å². The van der Waals surface area contributed by atoms with Crippen molar-refractivity contribution in [1.29, 1.82) is 0 Å². The van der Waals surface area contributed by atoms with E-state index >= 15 is 0 Å². The van der Waals surface area contributed by atoms with Crippen LogP contribution in [0.5, 0.6) is 0 Å². The fourth-order valence-electron chi connectivity index (χ4n) is 3.64. The largest absolute Gasteiger partial charge is 0.481 e. The molecule has 0 aromatic heterocycles. The maximum absolute atomic E-state index is 12.0. The number of hydrogen-bond acceptors (Lipinski definition) is 3. The molecule has 3 N–H and O–H groups in total. The summed E-state index contributed by atoms with van der Waals surface area (Å²) in [5.41, 5.74) is 1.74. The zero-order chi connectivity index (χ0) is 18.2. The molecule has 25 heavy (non-hydrogen) atoms. The van der Waals surface area contributed by atoms with Crippen molar-refractivity contribution in [2.45, 2.75) is 24.7 Å². The summed E-state index contributed by atoms with van der Waals surface area (Å²) in [5, 5.41) is 28.3. The van der Waals surface area contributed by atoms with Crippen LogP contribution in [0, 0.1) is 0 Å². The maximum Gasteiger partial charge on any atom is 0.315 e. The Hall–Kier alpha value is -3.15. The van der Waals surface area contributed by atoms with Gasteiger partial charge in [-0.3, -0.25) is 14.4 Å². The Balaban J connectivity index is 2.23. The lowest BCUT2D eigenvalue weighted by Crippen LogP contribution is -2.41. The molecular formula is C19H16O6. The maximum atomic E-state index is 12.0. The first-order chi connectivity index (χ1) is 11.8. The van der Waals surface area contributed by atoms with E-state index in [1.54, 1.807) is 6.07 Å². The highest BCUT2D eigenvalue weighted by Crippen LogP contribution is 2.44. The Morgan fingerprint density at radius 1 is 0.840 bits per heavy atom. The summed E-state index contributed by atoms with van der Waals surface area (Å²) in [6.45, 7) is 0. The monoisotopic (exact) mass is 340 g/mol. The molecule has 0 bridgehead atoms. The lowest BCUT2D eigenvalue weighted by Gasteiger charge is -2.29. The van der Waals surface area contributed by atoms with Gasteiger partial charge in [0.05, 0.1) is 12.8 Å². The Morgan fingerprint density at radius 3 is 2.04 bits per heavy atom. The minimum Gasteiger partial charge on any atom is -0.481 e. The molecule has 1 aliphatic carbocycles. The summed E-state index contributed by atoms with van der Waals surface area (Å²) in [6, 6.07) is 12.6. The van der Waals surface area contributed by atoms with Crippen LogP contribution in [0.15, 0.2) is 42.5 Å². The van der Waals surface area contributed by atoms with Gasteiger partial charge in [0.2, 0.25) is 0 Å². The van der Waals surface area contributed by atoms with Gasteiger partial charge in [-0.1, -0.05) is 42.5 Å². The number of hydrogen-bond donors (Lipinski definition) is 3. The zero-order valence-electron chi connectivity index (χ0n) is 13.2. The molecule has 0 spiro atoms. The highest BCUT2D eigenvalue weighted by atomic mass is 16.4. The van der Waals surface area contributed by atoms with E-state index in [2.05, 4.69) is 0 Å². The average Bonchev–Trinajstić information content (AvgIpc) is 2.91. The Bertz CT molecular complexity index is 867. The predicted molar refractivity (Wildman–Crippen MR) is 88.5 cm³/mol. The molecule has 2 aromatic carbocycles. The van der Waals surface area contributed by atoms with Crippen molar-refractivity contribution in [3.05, 3.63) is 59.2 Å². The molecule has 0 amide bonds. The first kappa shape index (κ1) is 16.7. The van der Waals surface area contributed by atoms with Gasteiger partial charge >= 0.3 is 17.9 Å². The lowest BCUT2D eigenvalue weighted by molar-refractivity contribution is -0.154. The van der Waals surface area contributed by atoms with Crippen molar-refractivity contribution in [2.75, 3.05) is 0 Å². The van der Waals surface area contributed by atoms with Crippen LogP contribution in [0.25, 0.3) is 11.1 Å². The van der Waals surface area contributed by atoms with Crippen molar-refractivity contribution in [1.82, 2.24) is 0 Å². The molecule has 2 aromatic rings. The molecule has 0 fully saturated rings.